The number of aromatic nitrogens is 2. The average Bonchev–Trinajstić information content (AvgIpc) is 2.67. The van der Waals surface area contributed by atoms with E-state index in [0.717, 1.165) is 34.5 Å². The Morgan fingerprint density at radius 1 is 1.39 bits per heavy atom. The molecule has 0 spiro atoms. The van der Waals surface area contributed by atoms with Gasteiger partial charge in [-0.2, -0.15) is 0 Å². The minimum Gasteiger partial charge on any atom is -0.376 e. The summed E-state index contributed by atoms with van der Waals surface area (Å²) >= 11 is 2.20. The van der Waals surface area contributed by atoms with Crippen LogP contribution in [0.25, 0.3) is 11.3 Å². The van der Waals surface area contributed by atoms with Gasteiger partial charge in [0, 0.05) is 12.2 Å². The number of imidazole rings is 1. The first-order chi connectivity index (χ1) is 8.74. The zero-order valence-electron chi connectivity index (χ0n) is 9.64. The van der Waals surface area contributed by atoms with E-state index in [-0.39, 0.29) is 11.9 Å². The molecule has 1 aliphatic heterocycles. The Bertz CT molecular complexity index is 549. The monoisotopic (exact) mass is 358 g/mol. The molecule has 1 aromatic heterocycles. The topological polar surface area (TPSA) is 27.1 Å². The second-order valence-corrected chi connectivity index (χ2v) is 5.35. The molecule has 0 aliphatic carbocycles. The van der Waals surface area contributed by atoms with Gasteiger partial charge in [0.1, 0.15) is 9.52 Å². The Balaban J connectivity index is 1.94. The van der Waals surface area contributed by atoms with E-state index < -0.39 is 0 Å². The molecule has 1 saturated heterocycles. The van der Waals surface area contributed by atoms with Gasteiger partial charge >= 0.3 is 0 Å². The van der Waals surface area contributed by atoms with Gasteiger partial charge < -0.3 is 9.30 Å². The van der Waals surface area contributed by atoms with Gasteiger partial charge in [-0.05, 0) is 53.3 Å². The van der Waals surface area contributed by atoms with Gasteiger partial charge in [-0.15, -0.1) is 0 Å². The van der Waals surface area contributed by atoms with Crippen LogP contribution < -0.4 is 0 Å². The number of rotatable bonds is 3. The highest BCUT2D eigenvalue weighted by Crippen LogP contribution is 2.26. The third-order valence-corrected chi connectivity index (χ3v) is 3.89. The minimum absolute atomic E-state index is 0.220. The highest BCUT2D eigenvalue weighted by atomic mass is 127. The number of hydrogen-bond donors (Lipinski definition) is 0. The number of hydrogen-bond acceptors (Lipinski definition) is 2. The van der Waals surface area contributed by atoms with Crippen LogP contribution >= 0.6 is 22.6 Å². The maximum absolute atomic E-state index is 13.0. The van der Waals surface area contributed by atoms with Crippen LogP contribution in [-0.4, -0.2) is 22.3 Å². The van der Waals surface area contributed by atoms with Gasteiger partial charge in [-0.1, -0.05) is 0 Å². The normalized spacial score (nSPS) is 18.7. The first kappa shape index (κ1) is 12.1. The summed E-state index contributed by atoms with van der Waals surface area (Å²) in [5.74, 6) is -0.220. The van der Waals surface area contributed by atoms with Crippen molar-refractivity contribution in [3.05, 3.63) is 40.1 Å². The molecule has 1 aromatic carbocycles. The van der Waals surface area contributed by atoms with Crippen LogP contribution in [0.1, 0.15) is 6.42 Å². The highest BCUT2D eigenvalue weighted by molar-refractivity contribution is 14.1. The predicted molar refractivity (Wildman–Crippen MR) is 74.7 cm³/mol. The van der Waals surface area contributed by atoms with Crippen LogP contribution in [0.15, 0.2) is 30.6 Å². The molecule has 1 aliphatic rings. The zero-order valence-corrected chi connectivity index (χ0v) is 11.8. The van der Waals surface area contributed by atoms with Crippen LogP contribution in [0.4, 0.5) is 4.39 Å². The molecule has 0 radical (unpaired) electrons. The third kappa shape index (κ3) is 2.29. The molecule has 94 valence electrons. The van der Waals surface area contributed by atoms with Crippen molar-refractivity contribution in [1.29, 1.82) is 0 Å². The first-order valence-electron chi connectivity index (χ1n) is 5.82. The molecule has 5 heteroatoms. The smallest absolute Gasteiger partial charge is 0.127 e. The van der Waals surface area contributed by atoms with Gasteiger partial charge in [0.2, 0.25) is 0 Å². The lowest BCUT2D eigenvalue weighted by molar-refractivity contribution is -0.0590. The molecule has 0 unspecified atom stereocenters. The number of nitrogens with zero attached hydrogens (tertiary/aromatic N) is 2. The molecular formula is C13H12FIN2O. The number of ether oxygens (including phenoxy) is 1. The Hall–Kier alpha value is -0.950. The van der Waals surface area contributed by atoms with Crippen molar-refractivity contribution in [3.8, 4) is 11.3 Å². The van der Waals surface area contributed by atoms with Crippen LogP contribution in [0, 0.1) is 9.52 Å². The van der Waals surface area contributed by atoms with Gasteiger partial charge in [-0.25, -0.2) is 9.37 Å². The molecule has 0 N–H and O–H groups in total. The van der Waals surface area contributed by atoms with Crippen molar-refractivity contribution in [2.45, 2.75) is 19.1 Å². The van der Waals surface area contributed by atoms with Crippen molar-refractivity contribution < 1.29 is 9.13 Å². The van der Waals surface area contributed by atoms with Crippen molar-refractivity contribution in [2.24, 2.45) is 0 Å². The Kier molecular flexibility index (Phi) is 3.34. The standard InChI is InChI=1S/C13H12FIN2O/c14-10-3-1-9(2-4-10)12-13(15)16-8-17(12)7-11-5-6-18-11/h1-4,8,11H,5-7H2/t11-/m0/s1. The Labute approximate surface area is 118 Å². The van der Waals surface area contributed by atoms with E-state index in [1.807, 2.05) is 6.33 Å². The van der Waals surface area contributed by atoms with E-state index in [1.165, 1.54) is 12.1 Å². The van der Waals surface area contributed by atoms with E-state index >= 15 is 0 Å². The van der Waals surface area contributed by atoms with E-state index in [1.54, 1.807) is 12.1 Å². The van der Waals surface area contributed by atoms with Gasteiger partial charge in [0.15, 0.2) is 0 Å². The zero-order chi connectivity index (χ0) is 12.5. The van der Waals surface area contributed by atoms with Gasteiger partial charge in [-0.3, -0.25) is 0 Å². The summed E-state index contributed by atoms with van der Waals surface area (Å²) in [4.78, 5) is 4.33. The van der Waals surface area contributed by atoms with Crippen molar-refractivity contribution in [3.63, 3.8) is 0 Å². The molecule has 0 saturated carbocycles. The third-order valence-electron chi connectivity index (χ3n) is 3.10. The lowest BCUT2D eigenvalue weighted by Gasteiger charge is -2.27. The summed E-state index contributed by atoms with van der Waals surface area (Å²) < 4.78 is 21.4. The summed E-state index contributed by atoms with van der Waals surface area (Å²) in [6, 6.07) is 6.52. The van der Waals surface area contributed by atoms with Gasteiger partial charge in [0.05, 0.1) is 24.7 Å². The predicted octanol–water partition coefficient (Wildman–Crippen LogP) is 3.08. The molecule has 2 heterocycles. The maximum Gasteiger partial charge on any atom is 0.127 e. The van der Waals surface area contributed by atoms with Crippen molar-refractivity contribution in [1.82, 2.24) is 9.55 Å². The molecule has 0 amide bonds. The molecule has 3 rings (SSSR count). The number of benzene rings is 1. The van der Waals surface area contributed by atoms with E-state index in [2.05, 4.69) is 32.1 Å². The Morgan fingerprint density at radius 2 is 2.11 bits per heavy atom. The van der Waals surface area contributed by atoms with E-state index in [9.17, 15) is 4.39 Å². The molecule has 1 fully saturated rings. The summed E-state index contributed by atoms with van der Waals surface area (Å²) in [5, 5.41) is 0. The second-order valence-electron chi connectivity index (χ2n) is 4.32. The largest absolute Gasteiger partial charge is 0.376 e. The molecule has 0 bridgehead atoms. The molecule has 2 aromatic rings. The van der Waals surface area contributed by atoms with E-state index in [4.69, 9.17) is 4.74 Å². The van der Waals surface area contributed by atoms with Gasteiger partial charge in [0.25, 0.3) is 0 Å². The number of halogens is 2. The van der Waals surface area contributed by atoms with Crippen LogP contribution in [0.5, 0.6) is 0 Å². The fourth-order valence-electron chi connectivity index (χ4n) is 2.04. The molecule has 18 heavy (non-hydrogen) atoms. The Morgan fingerprint density at radius 3 is 2.72 bits per heavy atom. The summed E-state index contributed by atoms with van der Waals surface area (Å²) in [5.41, 5.74) is 2.02. The summed E-state index contributed by atoms with van der Waals surface area (Å²) in [7, 11) is 0. The SMILES string of the molecule is Fc1ccc(-c2c(I)ncn2C[C@@H]2CCO2)cc1. The molecule has 3 nitrogen and oxygen atoms in total. The molecule has 1 atom stereocenters. The van der Waals surface area contributed by atoms with Crippen molar-refractivity contribution >= 4 is 22.6 Å². The van der Waals surface area contributed by atoms with E-state index in [0.29, 0.717) is 0 Å². The van der Waals surface area contributed by atoms with Crippen LogP contribution in [0.3, 0.4) is 0 Å². The maximum atomic E-state index is 13.0. The fraction of sp³-hybridized carbons (Fsp3) is 0.308. The van der Waals surface area contributed by atoms with Crippen molar-refractivity contribution in [2.75, 3.05) is 6.61 Å². The lowest BCUT2D eigenvalue weighted by Crippen LogP contribution is -2.31. The van der Waals surface area contributed by atoms with Crippen LogP contribution in [0.2, 0.25) is 0 Å². The average molecular weight is 358 g/mol. The van der Waals surface area contributed by atoms with Crippen LogP contribution in [-0.2, 0) is 11.3 Å². The fourth-order valence-corrected chi connectivity index (χ4v) is 2.78. The second kappa shape index (κ2) is 4.97. The summed E-state index contributed by atoms with van der Waals surface area (Å²) in [6.45, 7) is 1.66. The summed E-state index contributed by atoms with van der Waals surface area (Å²) in [6.07, 6.45) is 3.20. The minimum atomic E-state index is -0.220. The first-order valence-corrected chi connectivity index (χ1v) is 6.90. The lowest BCUT2D eigenvalue weighted by atomic mass is 10.1. The quantitative estimate of drug-likeness (QED) is 0.789. The molecular weight excluding hydrogens is 346 g/mol. The highest BCUT2D eigenvalue weighted by Gasteiger charge is 2.21.